The van der Waals surface area contributed by atoms with Crippen LogP contribution in [0.5, 0.6) is 0 Å². The molecule has 0 spiro atoms. The second-order valence-electron chi connectivity index (χ2n) is 3.34. The van der Waals surface area contributed by atoms with Crippen molar-refractivity contribution in [1.82, 2.24) is 9.97 Å². The van der Waals surface area contributed by atoms with Crippen LogP contribution < -0.4 is 10.6 Å². The number of nitrogens with two attached hydrogens (primary N) is 1. The van der Waals surface area contributed by atoms with Gasteiger partial charge in [0, 0.05) is 6.54 Å². The van der Waals surface area contributed by atoms with Crippen LogP contribution in [0.25, 0.3) is 0 Å². The summed E-state index contributed by atoms with van der Waals surface area (Å²) in [6, 6.07) is 0. The van der Waals surface area contributed by atoms with Gasteiger partial charge < -0.3 is 25.8 Å². The van der Waals surface area contributed by atoms with E-state index in [0.717, 1.165) is 0 Å². The molecular weight excluding hydrogens is 198 g/mol. The number of aliphatic imine (C=N–C) groups is 1. The summed E-state index contributed by atoms with van der Waals surface area (Å²) in [6.07, 6.45) is 0.723. The molecule has 0 aliphatic carbocycles. The summed E-state index contributed by atoms with van der Waals surface area (Å²) in [5.74, 6) is 1.08. The number of fused-ring (bicyclic) bond motifs is 1. The molecule has 7 nitrogen and oxygen atoms in total. The van der Waals surface area contributed by atoms with Gasteiger partial charge in [0.25, 0.3) is 0 Å². The number of nitrogens with zero attached hydrogens (tertiary/aromatic N) is 3. The maximum atomic E-state index is 9.33. The van der Waals surface area contributed by atoms with Crippen LogP contribution in [0, 0.1) is 0 Å². The van der Waals surface area contributed by atoms with Gasteiger partial charge in [-0.25, -0.2) is 9.98 Å². The van der Waals surface area contributed by atoms with Crippen molar-refractivity contribution in [3.8, 4) is 0 Å². The summed E-state index contributed by atoms with van der Waals surface area (Å²) in [5.41, 5.74) is 6.32. The summed E-state index contributed by atoms with van der Waals surface area (Å²) in [7, 11) is 0. The number of nitrogens with one attached hydrogen (secondary N) is 1. The molecule has 1 aliphatic rings. The Hall–Kier alpha value is -1.60. The second-order valence-corrected chi connectivity index (χ2v) is 3.34. The Kier molecular flexibility index (Phi) is 2.57. The van der Waals surface area contributed by atoms with Crippen LogP contribution in [0.1, 0.15) is 5.69 Å². The van der Waals surface area contributed by atoms with E-state index in [1.165, 1.54) is 6.33 Å². The summed E-state index contributed by atoms with van der Waals surface area (Å²) >= 11 is 0. The molecule has 82 valence electrons. The highest BCUT2D eigenvalue weighted by molar-refractivity contribution is 6.01. The lowest BCUT2D eigenvalue weighted by Gasteiger charge is -2.26. The van der Waals surface area contributed by atoms with Crippen molar-refractivity contribution in [2.45, 2.75) is 6.10 Å². The Labute approximate surface area is 86.3 Å². The molecule has 0 amide bonds. The van der Waals surface area contributed by atoms with Gasteiger partial charge in [-0.1, -0.05) is 0 Å². The number of aromatic amines is 1. The molecule has 0 saturated carbocycles. The van der Waals surface area contributed by atoms with Crippen molar-refractivity contribution in [2.24, 2.45) is 10.7 Å². The van der Waals surface area contributed by atoms with Gasteiger partial charge in [0.15, 0.2) is 5.82 Å². The van der Waals surface area contributed by atoms with E-state index in [4.69, 9.17) is 10.8 Å². The van der Waals surface area contributed by atoms with E-state index in [-0.39, 0.29) is 13.2 Å². The molecule has 1 aromatic rings. The second kappa shape index (κ2) is 3.87. The highest BCUT2D eigenvalue weighted by Crippen LogP contribution is 2.19. The summed E-state index contributed by atoms with van der Waals surface area (Å²) in [6.45, 7) is 0.349. The van der Waals surface area contributed by atoms with Crippen molar-refractivity contribution in [1.29, 1.82) is 0 Å². The number of imidazole rings is 1. The largest absolute Gasteiger partial charge is 0.394 e. The van der Waals surface area contributed by atoms with Gasteiger partial charge in [0.2, 0.25) is 0 Å². The SMILES string of the molecule is NC1=NCN(CC(O)CO)c2nc[nH]c21. The summed E-state index contributed by atoms with van der Waals surface area (Å²) in [5, 5.41) is 18.1. The molecule has 1 aromatic heterocycles. The lowest BCUT2D eigenvalue weighted by Crippen LogP contribution is -2.39. The maximum Gasteiger partial charge on any atom is 0.159 e. The zero-order valence-electron chi connectivity index (χ0n) is 8.09. The molecule has 1 unspecified atom stereocenters. The predicted molar refractivity (Wildman–Crippen MR) is 54.6 cm³/mol. The molecule has 0 fully saturated rings. The van der Waals surface area contributed by atoms with Crippen LogP contribution in [-0.2, 0) is 0 Å². The lowest BCUT2D eigenvalue weighted by molar-refractivity contribution is 0.0998. The highest BCUT2D eigenvalue weighted by Gasteiger charge is 2.22. The third kappa shape index (κ3) is 1.79. The average Bonchev–Trinajstić information content (AvgIpc) is 2.71. The first-order chi connectivity index (χ1) is 7.22. The van der Waals surface area contributed by atoms with E-state index >= 15 is 0 Å². The van der Waals surface area contributed by atoms with E-state index in [2.05, 4.69) is 15.0 Å². The minimum absolute atomic E-state index is 0.282. The summed E-state index contributed by atoms with van der Waals surface area (Å²) < 4.78 is 0. The van der Waals surface area contributed by atoms with Gasteiger partial charge in [-0.3, -0.25) is 0 Å². The average molecular weight is 211 g/mol. The number of aromatic nitrogens is 2. The molecule has 15 heavy (non-hydrogen) atoms. The number of β-amino-alcohol motifs (C(OH)–C–C–N with tert-alkyl or cyclic N) is 1. The Morgan fingerprint density at radius 3 is 3.20 bits per heavy atom. The van der Waals surface area contributed by atoms with Crippen LogP contribution in [0.15, 0.2) is 11.3 Å². The predicted octanol–water partition coefficient (Wildman–Crippen LogP) is -1.75. The first-order valence-corrected chi connectivity index (χ1v) is 4.60. The van der Waals surface area contributed by atoms with E-state index in [9.17, 15) is 5.11 Å². The van der Waals surface area contributed by atoms with Crippen molar-refractivity contribution in [3.63, 3.8) is 0 Å². The zero-order valence-corrected chi connectivity index (χ0v) is 8.09. The topological polar surface area (TPSA) is 111 Å². The monoisotopic (exact) mass is 211 g/mol. The number of H-pyrrole nitrogens is 1. The molecule has 2 heterocycles. The van der Waals surface area contributed by atoms with Crippen LogP contribution in [-0.4, -0.2) is 51.9 Å². The van der Waals surface area contributed by atoms with Crippen LogP contribution in [0.2, 0.25) is 0 Å². The minimum atomic E-state index is -0.802. The van der Waals surface area contributed by atoms with Crippen molar-refractivity contribution >= 4 is 11.7 Å². The molecule has 0 saturated heterocycles. The normalized spacial score (nSPS) is 17.2. The van der Waals surface area contributed by atoms with Gasteiger partial charge in [0.05, 0.1) is 19.0 Å². The fourth-order valence-corrected chi connectivity index (χ4v) is 1.48. The molecule has 1 aliphatic heterocycles. The molecule has 7 heteroatoms. The third-order valence-corrected chi connectivity index (χ3v) is 2.23. The van der Waals surface area contributed by atoms with E-state index < -0.39 is 6.10 Å². The van der Waals surface area contributed by atoms with Crippen molar-refractivity contribution < 1.29 is 10.2 Å². The van der Waals surface area contributed by atoms with Crippen molar-refractivity contribution in [2.75, 3.05) is 24.7 Å². The third-order valence-electron chi connectivity index (χ3n) is 2.23. The first kappa shape index (κ1) is 9.94. The Morgan fingerprint density at radius 1 is 1.67 bits per heavy atom. The minimum Gasteiger partial charge on any atom is -0.394 e. The molecule has 0 radical (unpaired) electrons. The fraction of sp³-hybridized carbons (Fsp3) is 0.500. The highest BCUT2D eigenvalue weighted by atomic mass is 16.3. The lowest BCUT2D eigenvalue weighted by atomic mass is 10.3. The maximum absolute atomic E-state index is 9.33. The standard InChI is InChI=1S/C8H13N5O2/c9-7-6-8(11-3-10-6)13(4-12-7)1-5(15)2-14/h3,5,14-15H,1-2,4H2,(H2,9,12)(H,10,11). The molecule has 0 aromatic carbocycles. The Bertz CT molecular complexity index is 375. The fourth-order valence-electron chi connectivity index (χ4n) is 1.48. The number of aliphatic hydroxyl groups excluding tert-OH is 2. The van der Waals surface area contributed by atoms with Gasteiger partial charge in [-0.15, -0.1) is 0 Å². The quantitative estimate of drug-likeness (QED) is 0.473. The van der Waals surface area contributed by atoms with E-state index in [1.807, 2.05) is 0 Å². The number of anilines is 1. The van der Waals surface area contributed by atoms with Gasteiger partial charge >= 0.3 is 0 Å². The molecule has 1 atom stereocenters. The van der Waals surface area contributed by atoms with E-state index in [0.29, 0.717) is 24.0 Å². The van der Waals surface area contributed by atoms with Gasteiger partial charge in [0.1, 0.15) is 18.2 Å². The number of rotatable bonds is 3. The van der Waals surface area contributed by atoms with Crippen LogP contribution in [0.3, 0.4) is 0 Å². The van der Waals surface area contributed by atoms with Gasteiger partial charge in [-0.2, -0.15) is 0 Å². The first-order valence-electron chi connectivity index (χ1n) is 4.60. The number of amidine groups is 1. The zero-order chi connectivity index (χ0) is 10.8. The summed E-state index contributed by atoms with van der Waals surface area (Å²) in [4.78, 5) is 12.8. The van der Waals surface area contributed by atoms with Crippen LogP contribution in [0.4, 0.5) is 5.82 Å². The molecular formula is C8H13N5O2. The van der Waals surface area contributed by atoms with Crippen molar-refractivity contribution in [3.05, 3.63) is 12.0 Å². The number of hydrogen-bond donors (Lipinski definition) is 4. The van der Waals surface area contributed by atoms with Crippen LogP contribution >= 0.6 is 0 Å². The van der Waals surface area contributed by atoms with Gasteiger partial charge in [-0.05, 0) is 0 Å². The van der Waals surface area contributed by atoms with E-state index in [1.54, 1.807) is 4.90 Å². The molecule has 0 bridgehead atoms. The molecule has 2 rings (SSSR count). The smallest absolute Gasteiger partial charge is 0.159 e. The Morgan fingerprint density at radius 2 is 2.47 bits per heavy atom. The Balaban J connectivity index is 2.18. The number of hydrogen-bond acceptors (Lipinski definition) is 6. The number of aliphatic hydroxyl groups is 2. The molecule has 5 N–H and O–H groups in total.